The minimum Gasteiger partial charge on any atom is -0.462 e. The Hall–Kier alpha value is -3.93. The Kier molecular flexibility index (Phi) is 43.6. The lowest BCUT2D eigenvalue weighted by atomic mass is 10.1. The molecule has 0 heterocycles. The summed E-state index contributed by atoms with van der Waals surface area (Å²) in [6, 6.07) is 0. The van der Waals surface area contributed by atoms with Crippen molar-refractivity contribution >= 4 is 17.9 Å². The highest BCUT2D eigenvalue weighted by atomic mass is 16.6. The van der Waals surface area contributed by atoms with Crippen molar-refractivity contribution in [2.45, 2.75) is 194 Å². The normalized spacial score (nSPS) is 13.1. The van der Waals surface area contributed by atoms with Gasteiger partial charge in [-0.2, -0.15) is 0 Å². The Morgan fingerprint density at radius 1 is 0.373 bits per heavy atom. The zero-order valence-corrected chi connectivity index (χ0v) is 37.7. The monoisotopic (exact) mass is 817 g/mol. The molecule has 0 rings (SSSR count). The molecule has 0 radical (unpaired) electrons. The quantitative estimate of drug-likeness (QED) is 0.0201. The molecule has 6 nitrogen and oxygen atoms in total. The van der Waals surface area contributed by atoms with Crippen molar-refractivity contribution < 1.29 is 28.6 Å². The van der Waals surface area contributed by atoms with Crippen molar-refractivity contribution in [3.05, 3.63) is 109 Å². The lowest BCUT2D eigenvalue weighted by Crippen LogP contribution is -2.30. The number of hydrogen-bond donors (Lipinski definition) is 0. The van der Waals surface area contributed by atoms with Crippen LogP contribution in [-0.2, 0) is 28.6 Å². The van der Waals surface area contributed by atoms with E-state index >= 15 is 0 Å². The first-order chi connectivity index (χ1) is 29.0. The van der Waals surface area contributed by atoms with Gasteiger partial charge in [-0.25, -0.2) is 0 Å². The molecule has 0 saturated heterocycles. The van der Waals surface area contributed by atoms with Crippen molar-refractivity contribution in [1.29, 1.82) is 0 Å². The molecule has 0 spiro atoms. The van der Waals surface area contributed by atoms with Gasteiger partial charge in [-0.15, -0.1) is 0 Å². The maximum atomic E-state index is 12.7. The zero-order valence-electron chi connectivity index (χ0n) is 37.7. The average Bonchev–Trinajstić information content (AvgIpc) is 3.23. The second-order valence-corrected chi connectivity index (χ2v) is 15.1. The van der Waals surface area contributed by atoms with E-state index in [1.165, 1.54) is 64.2 Å². The molecule has 0 amide bonds. The molecule has 6 heteroatoms. The third-order valence-electron chi connectivity index (χ3n) is 9.41. The van der Waals surface area contributed by atoms with Gasteiger partial charge in [0, 0.05) is 19.3 Å². The van der Waals surface area contributed by atoms with E-state index in [2.05, 4.69) is 63.3 Å². The summed E-state index contributed by atoms with van der Waals surface area (Å²) in [5, 5.41) is 0. The largest absolute Gasteiger partial charge is 0.462 e. The van der Waals surface area contributed by atoms with E-state index in [9.17, 15) is 14.4 Å². The summed E-state index contributed by atoms with van der Waals surface area (Å²) < 4.78 is 16.6. The van der Waals surface area contributed by atoms with Crippen LogP contribution in [0.2, 0.25) is 0 Å². The molecule has 0 aromatic carbocycles. The smallest absolute Gasteiger partial charge is 0.306 e. The SMILES string of the molecule is CC\C=C/C=C\C=C/C=C\C=C\C=C/CCCCCC(=O)OCC(COC(=O)CCCCCCC/C=C\CCCC)OC(=O)CC/C=C\C/C=C\CCCCCCCC. The van der Waals surface area contributed by atoms with Gasteiger partial charge in [0.25, 0.3) is 0 Å². The van der Waals surface area contributed by atoms with Crippen LogP contribution in [0.5, 0.6) is 0 Å². The first kappa shape index (κ1) is 55.1. The fourth-order valence-electron chi connectivity index (χ4n) is 5.86. The first-order valence-electron chi connectivity index (χ1n) is 23.5. The Morgan fingerprint density at radius 2 is 0.780 bits per heavy atom. The van der Waals surface area contributed by atoms with E-state index in [-0.39, 0.29) is 31.6 Å². The lowest BCUT2D eigenvalue weighted by Gasteiger charge is -2.18. The maximum Gasteiger partial charge on any atom is 0.306 e. The molecule has 0 aliphatic heterocycles. The molecule has 0 bridgehead atoms. The van der Waals surface area contributed by atoms with Crippen LogP contribution >= 0.6 is 0 Å². The molecule has 0 aliphatic carbocycles. The number of rotatable bonds is 40. The predicted octanol–water partition coefficient (Wildman–Crippen LogP) is 15.2. The molecule has 1 atom stereocenters. The van der Waals surface area contributed by atoms with Gasteiger partial charge in [-0.1, -0.05) is 201 Å². The molecular weight excluding hydrogens is 733 g/mol. The predicted molar refractivity (Wildman–Crippen MR) is 251 cm³/mol. The fourth-order valence-corrected chi connectivity index (χ4v) is 5.86. The molecule has 0 aromatic rings. The molecule has 1 unspecified atom stereocenters. The van der Waals surface area contributed by atoms with Gasteiger partial charge in [0.1, 0.15) is 13.2 Å². The van der Waals surface area contributed by atoms with E-state index in [4.69, 9.17) is 14.2 Å². The highest BCUT2D eigenvalue weighted by molar-refractivity contribution is 5.71. The summed E-state index contributed by atoms with van der Waals surface area (Å²) in [7, 11) is 0. The second kappa shape index (κ2) is 46.8. The van der Waals surface area contributed by atoms with Crippen molar-refractivity contribution in [2.75, 3.05) is 13.2 Å². The number of unbranched alkanes of at least 4 members (excludes halogenated alkanes) is 16. The average molecular weight is 817 g/mol. The number of carbonyl (C=O) groups is 3. The minimum absolute atomic E-state index is 0.122. The van der Waals surface area contributed by atoms with E-state index in [0.717, 1.165) is 77.0 Å². The Balaban J connectivity index is 4.57. The first-order valence-corrected chi connectivity index (χ1v) is 23.5. The summed E-state index contributed by atoms with van der Waals surface area (Å²) in [4.78, 5) is 37.8. The van der Waals surface area contributed by atoms with Crippen molar-refractivity contribution in [3.63, 3.8) is 0 Å². The molecule has 0 saturated carbocycles. The van der Waals surface area contributed by atoms with Crippen LogP contribution in [-0.4, -0.2) is 37.2 Å². The highest BCUT2D eigenvalue weighted by Gasteiger charge is 2.19. The Labute approximate surface area is 361 Å². The topological polar surface area (TPSA) is 78.9 Å². The number of hydrogen-bond acceptors (Lipinski definition) is 6. The number of allylic oxidation sites excluding steroid dienone is 18. The molecule has 0 aliphatic rings. The van der Waals surface area contributed by atoms with Crippen LogP contribution in [0.25, 0.3) is 0 Å². The van der Waals surface area contributed by atoms with Gasteiger partial charge in [-0.3, -0.25) is 14.4 Å². The fraction of sp³-hybridized carbons (Fsp3) is 0.604. The van der Waals surface area contributed by atoms with Crippen molar-refractivity contribution in [3.8, 4) is 0 Å². The number of ether oxygens (including phenoxy) is 3. The van der Waals surface area contributed by atoms with Gasteiger partial charge in [0.05, 0.1) is 0 Å². The highest BCUT2D eigenvalue weighted by Crippen LogP contribution is 2.11. The Morgan fingerprint density at radius 3 is 1.32 bits per heavy atom. The molecule has 0 aromatic heterocycles. The molecular formula is C53H84O6. The molecule has 332 valence electrons. The van der Waals surface area contributed by atoms with Crippen LogP contribution < -0.4 is 0 Å². The maximum absolute atomic E-state index is 12.7. The van der Waals surface area contributed by atoms with Gasteiger partial charge >= 0.3 is 17.9 Å². The van der Waals surface area contributed by atoms with E-state index in [1.54, 1.807) is 0 Å². The van der Waals surface area contributed by atoms with Gasteiger partial charge in [-0.05, 0) is 77.0 Å². The zero-order chi connectivity index (χ0) is 43.0. The molecule has 59 heavy (non-hydrogen) atoms. The standard InChI is InChI=1S/C53H84O6/c1-4-7-10-13-16-19-22-24-25-26-27-29-31-34-37-40-43-46-52(55)58-49-50(48-57-51(54)45-42-39-36-33-30-21-18-15-12-9-6-3)59-53(56)47-44-41-38-35-32-28-23-20-17-14-11-8-5-2/h7,10,13,15-16,18-19,22,24-29,31-32,38,41,50H,4-6,8-9,11-12,14,17,20-21,23,30,33-37,39-40,42-49H2,1-3H3/b10-7-,16-13-,18-15-,22-19-,25-24-,27-26+,31-29-,32-28-,41-38-. The van der Waals surface area contributed by atoms with E-state index < -0.39 is 12.1 Å². The van der Waals surface area contributed by atoms with Crippen LogP contribution in [0.4, 0.5) is 0 Å². The van der Waals surface area contributed by atoms with Crippen LogP contribution in [0.1, 0.15) is 188 Å². The van der Waals surface area contributed by atoms with E-state index in [0.29, 0.717) is 19.3 Å². The summed E-state index contributed by atoms with van der Waals surface area (Å²) in [6.45, 7) is 6.32. The van der Waals surface area contributed by atoms with Crippen LogP contribution in [0.15, 0.2) is 109 Å². The third-order valence-corrected chi connectivity index (χ3v) is 9.41. The van der Waals surface area contributed by atoms with Crippen molar-refractivity contribution in [1.82, 2.24) is 0 Å². The Bertz CT molecular complexity index is 1260. The minimum atomic E-state index is -0.830. The second-order valence-electron chi connectivity index (χ2n) is 15.1. The molecule has 0 N–H and O–H groups in total. The summed E-state index contributed by atoms with van der Waals surface area (Å²) in [5.74, 6) is -1.06. The van der Waals surface area contributed by atoms with Crippen LogP contribution in [0, 0.1) is 0 Å². The number of esters is 3. The third kappa shape index (κ3) is 45.0. The molecule has 0 fully saturated rings. The summed E-state index contributed by atoms with van der Waals surface area (Å²) >= 11 is 0. The van der Waals surface area contributed by atoms with E-state index in [1.807, 2.05) is 66.8 Å². The van der Waals surface area contributed by atoms with Crippen molar-refractivity contribution in [2.24, 2.45) is 0 Å². The van der Waals surface area contributed by atoms with Gasteiger partial charge in [0.2, 0.25) is 0 Å². The van der Waals surface area contributed by atoms with Crippen LogP contribution in [0.3, 0.4) is 0 Å². The lowest BCUT2D eigenvalue weighted by molar-refractivity contribution is -0.166. The summed E-state index contributed by atoms with van der Waals surface area (Å²) in [6.07, 6.45) is 62.2. The van der Waals surface area contributed by atoms with Gasteiger partial charge in [0.15, 0.2) is 6.10 Å². The summed E-state index contributed by atoms with van der Waals surface area (Å²) in [5.41, 5.74) is 0. The number of carbonyl (C=O) groups excluding carboxylic acids is 3. The van der Waals surface area contributed by atoms with Gasteiger partial charge < -0.3 is 14.2 Å².